The van der Waals surface area contributed by atoms with Gasteiger partial charge in [0.2, 0.25) is 11.8 Å². The fourth-order valence-electron chi connectivity index (χ4n) is 2.70. The van der Waals surface area contributed by atoms with E-state index in [1.165, 1.54) is 0 Å². The van der Waals surface area contributed by atoms with Crippen molar-refractivity contribution < 1.29 is 9.05 Å². The van der Waals surface area contributed by atoms with Crippen molar-refractivity contribution in [1.29, 1.82) is 0 Å². The molecule has 1 fully saturated rings. The van der Waals surface area contributed by atoms with Crippen LogP contribution in [0.3, 0.4) is 0 Å². The predicted molar refractivity (Wildman–Crippen MR) is 80.9 cm³/mol. The van der Waals surface area contributed by atoms with Crippen LogP contribution >= 0.6 is 0 Å². The normalized spacial score (nSPS) is 19.1. The van der Waals surface area contributed by atoms with E-state index < -0.39 is 0 Å². The van der Waals surface area contributed by atoms with Gasteiger partial charge in [-0.05, 0) is 24.4 Å². The van der Waals surface area contributed by atoms with Crippen LogP contribution in [-0.2, 0) is 6.42 Å². The van der Waals surface area contributed by atoms with Crippen LogP contribution in [0.5, 0.6) is 0 Å². The molecule has 0 spiro atoms. The highest BCUT2D eigenvalue weighted by molar-refractivity contribution is 5.30. The Kier molecular flexibility index (Phi) is 4.40. The first-order chi connectivity index (χ1) is 10.7. The van der Waals surface area contributed by atoms with E-state index in [0.29, 0.717) is 11.8 Å². The SMILES string of the molecule is CCCc1nc(N2CCCC(c3nc(C(C)C)no3)C2)no1. The highest BCUT2D eigenvalue weighted by atomic mass is 16.5. The van der Waals surface area contributed by atoms with Crippen molar-refractivity contribution in [3.05, 3.63) is 17.6 Å². The summed E-state index contributed by atoms with van der Waals surface area (Å²) in [5, 5.41) is 8.16. The lowest BCUT2D eigenvalue weighted by Gasteiger charge is -2.29. The van der Waals surface area contributed by atoms with Crippen LogP contribution < -0.4 is 4.90 Å². The molecule has 0 N–H and O–H groups in total. The fraction of sp³-hybridized carbons (Fsp3) is 0.733. The molecule has 22 heavy (non-hydrogen) atoms. The fourth-order valence-corrected chi connectivity index (χ4v) is 2.70. The van der Waals surface area contributed by atoms with E-state index in [4.69, 9.17) is 9.05 Å². The maximum Gasteiger partial charge on any atom is 0.266 e. The molecule has 7 heteroatoms. The molecule has 3 heterocycles. The number of piperidine rings is 1. The first-order valence-electron chi connectivity index (χ1n) is 8.08. The van der Waals surface area contributed by atoms with Gasteiger partial charge in [0.1, 0.15) is 0 Å². The molecular weight excluding hydrogens is 282 g/mol. The third-order valence-electron chi connectivity index (χ3n) is 3.95. The second kappa shape index (κ2) is 6.46. The van der Waals surface area contributed by atoms with Gasteiger partial charge in [-0.1, -0.05) is 25.9 Å². The van der Waals surface area contributed by atoms with Crippen LogP contribution in [0.25, 0.3) is 0 Å². The van der Waals surface area contributed by atoms with Crippen LogP contribution in [-0.4, -0.2) is 33.4 Å². The van der Waals surface area contributed by atoms with Gasteiger partial charge in [0, 0.05) is 25.4 Å². The number of aromatic nitrogens is 4. The summed E-state index contributed by atoms with van der Waals surface area (Å²) >= 11 is 0. The minimum atomic E-state index is 0.238. The smallest absolute Gasteiger partial charge is 0.266 e. The number of hydrogen-bond acceptors (Lipinski definition) is 7. The number of aryl methyl sites for hydroxylation is 1. The number of hydrogen-bond donors (Lipinski definition) is 0. The zero-order valence-corrected chi connectivity index (χ0v) is 13.4. The van der Waals surface area contributed by atoms with Crippen molar-refractivity contribution in [1.82, 2.24) is 20.3 Å². The molecule has 1 aliphatic heterocycles. The lowest BCUT2D eigenvalue weighted by Crippen LogP contribution is -2.35. The molecule has 7 nitrogen and oxygen atoms in total. The predicted octanol–water partition coefficient (Wildman–Crippen LogP) is 2.91. The number of anilines is 1. The van der Waals surface area contributed by atoms with Crippen LogP contribution in [0, 0.1) is 0 Å². The summed E-state index contributed by atoms with van der Waals surface area (Å²) in [6.45, 7) is 7.97. The number of nitrogens with zero attached hydrogens (tertiary/aromatic N) is 5. The Morgan fingerprint density at radius 1 is 1.23 bits per heavy atom. The summed E-state index contributed by atoms with van der Waals surface area (Å²) in [5.74, 6) is 3.41. The largest absolute Gasteiger partial charge is 0.339 e. The van der Waals surface area contributed by atoms with Crippen molar-refractivity contribution in [3.8, 4) is 0 Å². The summed E-state index contributed by atoms with van der Waals surface area (Å²) in [4.78, 5) is 11.1. The van der Waals surface area contributed by atoms with Gasteiger partial charge in [0.05, 0.1) is 5.92 Å². The minimum absolute atomic E-state index is 0.238. The van der Waals surface area contributed by atoms with Crippen LogP contribution in [0.4, 0.5) is 5.95 Å². The molecule has 0 amide bonds. The summed E-state index contributed by atoms with van der Waals surface area (Å²) in [6.07, 6.45) is 3.94. The van der Waals surface area contributed by atoms with Crippen molar-refractivity contribution >= 4 is 5.95 Å². The average molecular weight is 305 g/mol. The maximum absolute atomic E-state index is 5.44. The Labute approximate surface area is 130 Å². The first kappa shape index (κ1) is 15.0. The monoisotopic (exact) mass is 305 g/mol. The van der Waals surface area contributed by atoms with Gasteiger partial charge in [0.15, 0.2) is 5.82 Å². The first-order valence-corrected chi connectivity index (χ1v) is 8.08. The Balaban J connectivity index is 1.70. The zero-order chi connectivity index (χ0) is 15.5. The summed E-state index contributed by atoms with van der Waals surface area (Å²) in [6, 6.07) is 0. The zero-order valence-electron chi connectivity index (χ0n) is 13.4. The van der Waals surface area contributed by atoms with Crippen molar-refractivity contribution in [2.45, 2.75) is 58.3 Å². The van der Waals surface area contributed by atoms with Gasteiger partial charge in [-0.3, -0.25) is 0 Å². The van der Waals surface area contributed by atoms with E-state index in [1.54, 1.807) is 0 Å². The molecule has 2 aromatic rings. The lowest BCUT2D eigenvalue weighted by molar-refractivity contribution is 0.327. The van der Waals surface area contributed by atoms with Crippen LogP contribution in [0.15, 0.2) is 9.05 Å². The minimum Gasteiger partial charge on any atom is -0.339 e. The third-order valence-corrected chi connectivity index (χ3v) is 3.95. The maximum atomic E-state index is 5.44. The van der Waals surface area contributed by atoms with Crippen molar-refractivity contribution in [2.75, 3.05) is 18.0 Å². The van der Waals surface area contributed by atoms with E-state index in [-0.39, 0.29) is 11.8 Å². The Morgan fingerprint density at radius 2 is 2.09 bits per heavy atom. The molecule has 2 aromatic heterocycles. The molecule has 0 aliphatic carbocycles. The quantitative estimate of drug-likeness (QED) is 0.840. The number of rotatable bonds is 5. The Morgan fingerprint density at radius 3 is 2.82 bits per heavy atom. The van der Waals surface area contributed by atoms with Gasteiger partial charge < -0.3 is 13.9 Å². The second-order valence-electron chi connectivity index (χ2n) is 6.17. The van der Waals surface area contributed by atoms with Crippen molar-refractivity contribution in [3.63, 3.8) is 0 Å². The highest BCUT2D eigenvalue weighted by Gasteiger charge is 2.28. The van der Waals surface area contributed by atoms with E-state index >= 15 is 0 Å². The standard InChI is InChI=1S/C15H23N5O2/c1-4-6-12-16-15(19-21-12)20-8-5-7-11(9-20)14-17-13(10(2)3)18-22-14/h10-11H,4-9H2,1-3H3. The highest BCUT2D eigenvalue weighted by Crippen LogP contribution is 2.28. The van der Waals surface area contributed by atoms with E-state index in [0.717, 1.165) is 50.5 Å². The van der Waals surface area contributed by atoms with Crippen LogP contribution in [0.1, 0.15) is 69.5 Å². The summed E-state index contributed by atoms with van der Waals surface area (Å²) in [7, 11) is 0. The molecule has 0 bridgehead atoms. The lowest BCUT2D eigenvalue weighted by atomic mass is 9.98. The summed E-state index contributed by atoms with van der Waals surface area (Å²) in [5.41, 5.74) is 0. The van der Waals surface area contributed by atoms with Gasteiger partial charge in [-0.15, -0.1) is 0 Å². The third kappa shape index (κ3) is 3.13. The molecule has 1 aliphatic rings. The molecule has 1 atom stereocenters. The van der Waals surface area contributed by atoms with Gasteiger partial charge in [-0.2, -0.15) is 9.97 Å². The Bertz CT molecular complexity index is 607. The molecular formula is C15H23N5O2. The van der Waals surface area contributed by atoms with E-state index in [1.807, 2.05) is 0 Å². The molecule has 120 valence electrons. The Hall–Kier alpha value is -1.92. The molecule has 1 unspecified atom stereocenters. The van der Waals surface area contributed by atoms with Crippen molar-refractivity contribution in [2.24, 2.45) is 0 Å². The molecule has 0 saturated carbocycles. The van der Waals surface area contributed by atoms with Gasteiger partial charge >= 0.3 is 0 Å². The molecule has 0 radical (unpaired) electrons. The summed E-state index contributed by atoms with van der Waals surface area (Å²) < 4.78 is 10.7. The van der Waals surface area contributed by atoms with Gasteiger partial charge in [-0.25, -0.2) is 0 Å². The van der Waals surface area contributed by atoms with Gasteiger partial charge in [0.25, 0.3) is 5.95 Å². The van der Waals surface area contributed by atoms with Crippen LogP contribution in [0.2, 0.25) is 0 Å². The second-order valence-corrected chi connectivity index (χ2v) is 6.17. The molecule has 1 saturated heterocycles. The molecule has 3 rings (SSSR count). The van der Waals surface area contributed by atoms with E-state index in [9.17, 15) is 0 Å². The van der Waals surface area contributed by atoms with E-state index in [2.05, 4.69) is 46.0 Å². The average Bonchev–Trinajstić information content (AvgIpc) is 3.17. The topological polar surface area (TPSA) is 81.1 Å². The molecule has 0 aromatic carbocycles.